The number of halogens is 1. The zero-order chi connectivity index (χ0) is 14.7. The van der Waals surface area contributed by atoms with E-state index < -0.39 is 0 Å². The molecule has 0 N–H and O–H groups in total. The van der Waals surface area contributed by atoms with Gasteiger partial charge in [0.1, 0.15) is 5.75 Å². The van der Waals surface area contributed by atoms with Crippen molar-refractivity contribution in [3.8, 4) is 17.2 Å². The third-order valence-corrected chi connectivity index (χ3v) is 3.41. The minimum absolute atomic E-state index is 0.247. The second-order valence-corrected chi connectivity index (χ2v) is 4.99. The summed E-state index contributed by atoms with van der Waals surface area (Å²) in [5, 5.41) is 4.63. The summed E-state index contributed by atoms with van der Waals surface area (Å²) in [6, 6.07) is 15.1. The Morgan fingerprint density at radius 1 is 1.14 bits per heavy atom. The van der Waals surface area contributed by atoms with E-state index in [-0.39, 0.29) is 6.61 Å². The highest BCUT2D eigenvalue weighted by Gasteiger charge is 2.09. The lowest BCUT2D eigenvalue weighted by molar-refractivity contribution is 0.287. The molecule has 1 aromatic heterocycles. The Labute approximate surface area is 127 Å². The van der Waals surface area contributed by atoms with Crippen molar-refractivity contribution in [3.05, 3.63) is 64.9 Å². The lowest BCUT2D eigenvalue weighted by atomic mass is 10.2. The Balaban J connectivity index is 1.69. The number of aryl methyl sites for hydroxylation is 1. The maximum Gasteiger partial charge on any atom is 0.258 e. The van der Waals surface area contributed by atoms with Crippen molar-refractivity contribution in [3.63, 3.8) is 0 Å². The van der Waals surface area contributed by atoms with E-state index in [2.05, 4.69) is 10.1 Å². The number of aromatic nitrogens is 2. The van der Waals surface area contributed by atoms with E-state index in [1.54, 1.807) is 6.07 Å². The van der Waals surface area contributed by atoms with E-state index in [1.807, 2.05) is 49.4 Å². The van der Waals surface area contributed by atoms with Crippen LogP contribution in [0.4, 0.5) is 0 Å². The Morgan fingerprint density at radius 2 is 1.95 bits per heavy atom. The summed E-state index contributed by atoms with van der Waals surface area (Å²) in [5.74, 6) is 1.71. The van der Waals surface area contributed by atoms with Crippen LogP contribution in [-0.2, 0) is 6.61 Å². The molecule has 0 saturated carbocycles. The van der Waals surface area contributed by atoms with E-state index in [0.717, 1.165) is 16.9 Å². The lowest BCUT2D eigenvalue weighted by Gasteiger charge is -2.05. The zero-order valence-corrected chi connectivity index (χ0v) is 12.2. The summed E-state index contributed by atoms with van der Waals surface area (Å²) in [4.78, 5) is 4.31. The fourth-order valence-corrected chi connectivity index (χ4v) is 1.98. The largest absolute Gasteiger partial charge is 0.485 e. The average Bonchev–Trinajstić information content (AvgIpc) is 2.98. The predicted octanol–water partition coefficient (Wildman–Crippen LogP) is 4.28. The van der Waals surface area contributed by atoms with E-state index in [0.29, 0.717) is 16.7 Å². The highest BCUT2D eigenvalue weighted by molar-refractivity contribution is 6.31. The van der Waals surface area contributed by atoms with Crippen molar-refractivity contribution in [1.82, 2.24) is 10.1 Å². The highest BCUT2D eigenvalue weighted by Crippen LogP contribution is 2.22. The third kappa shape index (κ3) is 3.23. The van der Waals surface area contributed by atoms with Crippen molar-refractivity contribution >= 4 is 11.6 Å². The molecule has 4 nitrogen and oxygen atoms in total. The molecule has 0 spiro atoms. The number of benzene rings is 2. The number of hydrogen-bond donors (Lipinski definition) is 0. The fourth-order valence-electron chi connectivity index (χ4n) is 1.87. The summed E-state index contributed by atoms with van der Waals surface area (Å²) in [5.41, 5.74) is 1.85. The van der Waals surface area contributed by atoms with Gasteiger partial charge in [0.05, 0.1) is 0 Å². The molecule has 0 radical (unpaired) electrons. The molecule has 5 heteroatoms. The standard InChI is InChI=1S/C16H13ClN2O2/c1-11-9-13(7-8-14(11)17)20-10-15-18-16(21-19-15)12-5-3-2-4-6-12/h2-9H,10H2,1H3. The molecule has 0 fully saturated rings. The smallest absolute Gasteiger partial charge is 0.258 e. The summed E-state index contributed by atoms with van der Waals surface area (Å²) in [7, 11) is 0. The summed E-state index contributed by atoms with van der Waals surface area (Å²) < 4.78 is 10.9. The first-order valence-corrected chi connectivity index (χ1v) is 6.87. The summed E-state index contributed by atoms with van der Waals surface area (Å²) >= 11 is 5.97. The molecule has 0 bridgehead atoms. The first-order valence-electron chi connectivity index (χ1n) is 6.49. The van der Waals surface area contributed by atoms with Crippen LogP contribution in [0.5, 0.6) is 5.75 Å². The maximum absolute atomic E-state index is 5.97. The van der Waals surface area contributed by atoms with Crippen LogP contribution in [-0.4, -0.2) is 10.1 Å². The van der Waals surface area contributed by atoms with Crippen LogP contribution in [0.1, 0.15) is 11.4 Å². The molecule has 0 aliphatic rings. The molecule has 2 aromatic carbocycles. The van der Waals surface area contributed by atoms with Crippen LogP contribution in [0.3, 0.4) is 0 Å². The van der Waals surface area contributed by atoms with Crippen LogP contribution in [0.25, 0.3) is 11.5 Å². The second kappa shape index (κ2) is 5.97. The molecule has 0 amide bonds. The molecule has 0 unspecified atom stereocenters. The lowest BCUT2D eigenvalue weighted by Crippen LogP contribution is -1.97. The van der Waals surface area contributed by atoms with Gasteiger partial charge in [-0.05, 0) is 42.8 Å². The van der Waals surface area contributed by atoms with Crippen LogP contribution in [0, 0.1) is 6.92 Å². The highest BCUT2D eigenvalue weighted by atomic mass is 35.5. The zero-order valence-electron chi connectivity index (χ0n) is 11.4. The Morgan fingerprint density at radius 3 is 2.71 bits per heavy atom. The van der Waals surface area contributed by atoms with Crippen molar-refractivity contribution in [2.45, 2.75) is 13.5 Å². The maximum atomic E-state index is 5.97. The number of hydrogen-bond acceptors (Lipinski definition) is 4. The Bertz CT molecular complexity index is 741. The quantitative estimate of drug-likeness (QED) is 0.721. The van der Waals surface area contributed by atoms with Gasteiger partial charge in [0.2, 0.25) is 5.82 Å². The molecule has 3 aromatic rings. The van der Waals surface area contributed by atoms with Gasteiger partial charge in [-0.15, -0.1) is 0 Å². The van der Waals surface area contributed by atoms with Gasteiger partial charge in [0.25, 0.3) is 5.89 Å². The van der Waals surface area contributed by atoms with E-state index >= 15 is 0 Å². The average molecular weight is 301 g/mol. The first kappa shape index (κ1) is 13.6. The van der Waals surface area contributed by atoms with Crippen molar-refractivity contribution in [1.29, 1.82) is 0 Å². The Hall–Kier alpha value is -2.33. The predicted molar refractivity (Wildman–Crippen MR) is 80.3 cm³/mol. The number of nitrogens with zero attached hydrogens (tertiary/aromatic N) is 2. The molecule has 0 saturated heterocycles. The van der Waals surface area contributed by atoms with Gasteiger partial charge in [-0.2, -0.15) is 4.98 Å². The van der Waals surface area contributed by atoms with Gasteiger partial charge in [-0.1, -0.05) is 35.0 Å². The molecular formula is C16H13ClN2O2. The van der Waals surface area contributed by atoms with Gasteiger partial charge in [-0.25, -0.2) is 0 Å². The molecule has 106 valence electrons. The fraction of sp³-hybridized carbons (Fsp3) is 0.125. The molecule has 3 rings (SSSR count). The van der Waals surface area contributed by atoms with Crippen LogP contribution < -0.4 is 4.74 Å². The van der Waals surface area contributed by atoms with Crippen molar-refractivity contribution < 1.29 is 9.26 Å². The van der Waals surface area contributed by atoms with Gasteiger partial charge in [-0.3, -0.25) is 0 Å². The van der Waals surface area contributed by atoms with Gasteiger partial charge < -0.3 is 9.26 Å². The molecule has 0 atom stereocenters. The first-order chi connectivity index (χ1) is 10.2. The van der Waals surface area contributed by atoms with Crippen LogP contribution in [0.15, 0.2) is 53.1 Å². The third-order valence-electron chi connectivity index (χ3n) is 2.99. The van der Waals surface area contributed by atoms with Gasteiger partial charge in [0.15, 0.2) is 6.61 Å². The normalized spacial score (nSPS) is 10.6. The molecular weight excluding hydrogens is 288 g/mol. The molecule has 0 aliphatic heterocycles. The number of ether oxygens (including phenoxy) is 1. The van der Waals surface area contributed by atoms with Gasteiger partial charge >= 0.3 is 0 Å². The Kier molecular flexibility index (Phi) is 3.88. The van der Waals surface area contributed by atoms with Crippen molar-refractivity contribution in [2.24, 2.45) is 0 Å². The van der Waals surface area contributed by atoms with Crippen LogP contribution in [0.2, 0.25) is 5.02 Å². The monoisotopic (exact) mass is 300 g/mol. The van der Waals surface area contributed by atoms with E-state index in [1.165, 1.54) is 0 Å². The van der Waals surface area contributed by atoms with Crippen molar-refractivity contribution in [2.75, 3.05) is 0 Å². The summed E-state index contributed by atoms with van der Waals surface area (Å²) in [6.07, 6.45) is 0. The minimum atomic E-state index is 0.247. The topological polar surface area (TPSA) is 48.2 Å². The summed E-state index contributed by atoms with van der Waals surface area (Å²) in [6.45, 7) is 2.18. The molecule has 21 heavy (non-hydrogen) atoms. The van der Waals surface area contributed by atoms with E-state index in [4.69, 9.17) is 20.9 Å². The minimum Gasteiger partial charge on any atom is -0.485 e. The van der Waals surface area contributed by atoms with Gasteiger partial charge in [0, 0.05) is 10.6 Å². The SMILES string of the molecule is Cc1cc(OCc2noc(-c3ccccc3)n2)ccc1Cl. The van der Waals surface area contributed by atoms with E-state index in [9.17, 15) is 0 Å². The van der Waals surface area contributed by atoms with Crippen LogP contribution >= 0.6 is 11.6 Å². The molecule has 1 heterocycles. The second-order valence-electron chi connectivity index (χ2n) is 4.58. The number of rotatable bonds is 4. The molecule has 0 aliphatic carbocycles.